The summed E-state index contributed by atoms with van der Waals surface area (Å²) >= 11 is 10.0. The number of aliphatic carboxylic acids is 1. The lowest BCUT2D eigenvalue weighted by molar-refractivity contribution is -0.139. The Labute approximate surface area is 205 Å². The van der Waals surface area contributed by atoms with Crippen LogP contribution >= 0.6 is 39.3 Å². The summed E-state index contributed by atoms with van der Waals surface area (Å²) in [5, 5.41) is 11.1. The fraction of sp³-hybridized carbons (Fsp3) is 0.143. The van der Waals surface area contributed by atoms with Crippen LogP contribution in [0.5, 0.6) is 11.5 Å². The first-order valence-electron chi connectivity index (χ1n) is 9.21. The number of hydrogen-bond donors (Lipinski definition) is 2. The van der Waals surface area contributed by atoms with Crippen LogP contribution in [-0.2, 0) is 14.4 Å². The van der Waals surface area contributed by atoms with Gasteiger partial charge in [-0.05, 0) is 54.2 Å². The Kier molecular flexibility index (Phi) is 8.01. The maximum atomic E-state index is 12.8. The fourth-order valence-corrected chi connectivity index (χ4v) is 4.23. The molecule has 12 heteroatoms. The third-order valence-electron chi connectivity index (χ3n) is 4.22. The minimum Gasteiger partial charge on any atom is -0.495 e. The molecule has 1 aliphatic heterocycles. The van der Waals surface area contributed by atoms with Gasteiger partial charge in [0.25, 0.3) is 11.1 Å². The molecule has 0 spiro atoms. The van der Waals surface area contributed by atoms with E-state index in [0.29, 0.717) is 38.3 Å². The van der Waals surface area contributed by atoms with Crippen molar-refractivity contribution in [2.75, 3.05) is 25.6 Å². The number of hydrogen-bond acceptors (Lipinski definition) is 7. The van der Waals surface area contributed by atoms with Crippen LogP contribution in [0.15, 0.2) is 45.8 Å². The van der Waals surface area contributed by atoms with E-state index in [1.807, 2.05) is 0 Å². The van der Waals surface area contributed by atoms with E-state index in [4.69, 9.17) is 26.2 Å². The monoisotopic (exact) mass is 554 g/mol. The largest absolute Gasteiger partial charge is 0.495 e. The summed E-state index contributed by atoms with van der Waals surface area (Å²) in [5.74, 6) is -1.75. The summed E-state index contributed by atoms with van der Waals surface area (Å²) in [6, 6.07) is 9.43. The topological polar surface area (TPSA) is 122 Å². The average molecular weight is 556 g/mol. The number of rotatable bonds is 8. The van der Waals surface area contributed by atoms with E-state index in [1.54, 1.807) is 24.3 Å². The summed E-state index contributed by atoms with van der Waals surface area (Å²) in [7, 11) is 1.46. The fourth-order valence-electron chi connectivity index (χ4n) is 2.77. The number of nitrogens with zero attached hydrogens (tertiary/aromatic N) is 1. The van der Waals surface area contributed by atoms with Gasteiger partial charge in [0.15, 0.2) is 6.61 Å². The van der Waals surface area contributed by atoms with Gasteiger partial charge in [0, 0.05) is 15.7 Å². The van der Waals surface area contributed by atoms with Crippen LogP contribution < -0.4 is 14.8 Å². The standard InChI is InChI=1S/C21H16BrClN2O7S/c1-31-16-5-3-13(8-14(16)23)24-18(26)9-25-20(29)17(33-21(25)30)7-11-6-12(22)2-4-15(11)32-10-19(27)28/h2-8H,9-10H2,1H3,(H,24,26)(H,27,28)/b17-7+. The highest BCUT2D eigenvalue weighted by molar-refractivity contribution is 9.10. The number of carbonyl (C=O) groups excluding carboxylic acids is 3. The quantitative estimate of drug-likeness (QED) is 0.464. The van der Waals surface area contributed by atoms with Gasteiger partial charge >= 0.3 is 5.97 Å². The van der Waals surface area contributed by atoms with Crippen LogP contribution in [0.1, 0.15) is 5.56 Å². The number of nitrogens with one attached hydrogen (secondary N) is 1. The molecule has 1 fully saturated rings. The van der Waals surface area contributed by atoms with Crippen LogP contribution in [-0.4, -0.2) is 53.3 Å². The zero-order valence-electron chi connectivity index (χ0n) is 17.0. The number of benzene rings is 2. The van der Waals surface area contributed by atoms with Gasteiger partial charge in [-0.15, -0.1) is 0 Å². The van der Waals surface area contributed by atoms with Crippen molar-refractivity contribution in [3.8, 4) is 11.5 Å². The number of halogens is 2. The Bertz CT molecular complexity index is 1170. The summed E-state index contributed by atoms with van der Waals surface area (Å²) in [5.41, 5.74) is 0.774. The highest BCUT2D eigenvalue weighted by atomic mass is 79.9. The lowest BCUT2D eigenvalue weighted by Gasteiger charge is -2.13. The van der Waals surface area contributed by atoms with Gasteiger partial charge in [-0.1, -0.05) is 27.5 Å². The molecule has 0 aliphatic carbocycles. The van der Waals surface area contributed by atoms with E-state index in [1.165, 1.54) is 25.3 Å². The summed E-state index contributed by atoms with van der Waals surface area (Å²) in [4.78, 5) is 49.2. The van der Waals surface area contributed by atoms with Crippen molar-refractivity contribution in [1.29, 1.82) is 0 Å². The predicted octanol–water partition coefficient (Wildman–Crippen LogP) is 4.25. The number of imide groups is 1. The van der Waals surface area contributed by atoms with Crippen molar-refractivity contribution < 1.29 is 33.8 Å². The van der Waals surface area contributed by atoms with Gasteiger partial charge < -0.3 is 19.9 Å². The molecule has 0 aromatic heterocycles. The Hall–Kier alpha value is -3.02. The number of ether oxygens (including phenoxy) is 2. The van der Waals surface area contributed by atoms with Crippen molar-refractivity contribution in [3.63, 3.8) is 0 Å². The minimum atomic E-state index is -1.16. The van der Waals surface area contributed by atoms with Crippen molar-refractivity contribution in [3.05, 3.63) is 56.4 Å². The third-order valence-corrected chi connectivity index (χ3v) is 5.92. The zero-order chi connectivity index (χ0) is 24.1. The molecule has 2 aromatic rings. The molecule has 2 N–H and O–H groups in total. The van der Waals surface area contributed by atoms with E-state index in [2.05, 4.69) is 21.2 Å². The Balaban J connectivity index is 1.73. The van der Waals surface area contributed by atoms with Crippen molar-refractivity contribution in [2.45, 2.75) is 0 Å². The lowest BCUT2D eigenvalue weighted by atomic mass is 10.2. The number of carboxylic acid groups (broad SMARTS) is 1. The third kappa shape index (κ3) is 6.28. The predicted molar refractivity (Wildman–Crippen MR) is 127 cm³/mol. The molecular weight excluding hydrogens is 540 g/mol. The highest BCUT2D eigenvalue weighted by Crippen LogP contribution is 2.35. The molecule has 0 unspecified atom stereocenters. The molecule has 0 atom stereocenters. The van der Waals surface area contributed by atoms with Crippen molar-refractivity contribution in [2.24, 2.45) is 0 Å². The maximum Gasteiger partial charge on any atom is 0.341 e. The molecule has 0 radical (unpaired) electrons. The molecule has 9 nitrogen and oxygen atoms in total. The van der Waals surface area contributed by atoms with Gasteiger partial charge in [-0.2, -0.15) is 0 Å². The molecule has 0 saturated carbocycles. The van der Waals surface area contributed by atoms with Crippen molar-refractivity contribution in [1.82, 2.24) is 4.90 Å². The Morgan fingerprint density at radius 1 is 1.21 bits per heavy atom. The number of carbonyl (C=O) groups is 4. The number of methoxy groups -OCH3 is 1. The van der Waals surface area contributed by atoms with Gasteiger partial charge in [-0.3, -0.25) is 19.3 Å². The summed E-state index contributed by atoms with van der Waals surface area (Å²) < 4.78 is 11.0. The molecule has 3 amide bonds. The van der Waals surface area contributed by atoms with E-state index in [-0.39, 0.29) is 10.7 Å². The first-order chi connectivity index (χ1) is 15.7. The van der Waals surface area contributed by atoms with E-state index in [9.17, 15) is 19.2 Å². The average Bonchev–Trinajstić information content (AvgIpc) is 3.00. The maximum absolute atomic E-state index is 12.8. The number of anilines is 1. The molecule has 172 valence electrons. The van der Waals surface area contributed by atoms with E-state index < -0.39 is 36.2 Å². The molecule has 33 heavy (non-hydrogen) atoms. The molecule has 2 aromatic carbocycles. The van der Waals surface area contributed by atoms with Gasteiger partial charge in [0.05, 0.1) is 17.0 Å². The van der Waals surface area contributed by atoms with Crippen LogP contribution in [0, 0.1) is 0 Å². The smallest absolute Gasteiger partial charge is 0.341 e. The zero-order valence-corrected chi connectivity index (χ0v) is 20.1. The summed E-state index contributed by atoms with van der Waals surface area (Å²) in [6.07, 6.45) is 1.41. The second-order valence-electron chi connectivity index (χ2n) is 6.53. The first-order valence-corrected chi connectivity index (χ1v) is 11.2. The molecule has 1 heterocycles. The van der Waals surface area contributed by atoms with Gasteiger partial charge in [0.1, 0.15) is 18.0 Å². The number of carboxylic acids is 1. The first kappa shape index (κ1) is 24.6. The van der Waals surface area contributed by atoms with E-state index in [0.717, 1.165) is 4.90 Å². The molecule has 1 aliphatic rings. The Morgan fingerprint density at radius 3 is 2.61 bits per heavy atom. The number of thioether (sulfide) groups is 1. The second kappa shape index (κ2) is 10.7. The summed E-state index contributed by atoms with van der Waals surface area (Å²) in [6.45, 7) is -1.06. The molecule has 1 saturated heterocycles. The normalized spacial score (nSPS) is 14.5. The van der Waals surface area contributed by atoms with Crippen LogP contribution in [0.4, 0.5) is 10.5 Å². The van der Waals surface area contributed by atoms with E-state index >= 15 is 0 Å². The Morgan fingerprint density at radius 2 is 1.94 bits per heavy atom. The SMILES string of the molecule is COc1ccc(NC(=O)CN2C(=O)S/C(=C/c3cc(Br)ccc3OCC(=O)O)C2=O)cc1Cl. The number of amides is 3. The van der Waals surface area contributed by atoms with Gasteiger partial charge in [0.2, 0.25) is 5.91 Å². The van der Waals surface area contributed by atoms with Crippen molar-refractivity contribution >= 4 is 74.1 Å². The molecule has 0 bridgehead atoms. The van der Waals surface area contributed by atoms with Crippen LogP contribution in [0.2, 0.25) is 5.02 Å². The van der Waals surface area contributed by atoms with Crippen LogP contribution in [0.3, 0.4) is 0 Å². The van der Waals surface area contributed by atoms with Gasteiger partial charge in [-0.25, -0.2) is 4.79 Å². The van der Waals surface area contributed by atoms with Crippen LogP contribution in [0.25, 0.3) is 6.08 Å². The molecule has 3 rings (SSSR count). The highest BCUT2D eigenvalue weighted by Gasteiger charge is 2.36. The second-order valence-corrected chi connectivity index (χ2v) is 8.85. The lowest BCUT2D eigenvalue weighted by Crippen LogP contribution is -2.36. The minimum absolute atomic E-state index is 0.0681. The molecular formula is C21H16BrClN2O7S.